The lowest BCUT2D eigenvalue weighted by Gasteiger charge is -2.19. The van der Waals surface area contributed by atoms with Gasteiger partial charge in [0.2, 0.25) is 5.91 Å². The molecule has 2 unspecified atom stereocenters. The van der Waals surface area contributed by atoms with E-state index in [0.29, 0.717) is 6.54 Å². The number of likely N-dealkylation sites (tertiary alicyclic amines) is 1. The molecule has 0 spiro atoms. The Kier molecular flexibility index (Phi) is 5.71. The maximum atomic E-state index is 12.3. The highest BCUT2D eigenvalue weighted by Gasteiger charge is 2.27. The molecule has 4 nitrogen and oxygen atoms in total. The molecule has 0 saturated carbocycles. The first-order chi connectivity index (χ1) is 12.1. The number of nitrogens with zero attached hydrogens (tertiary/aromatic N) is 1. The van der Waals surface area contributed by atoms with Crippen LogP contribution in [0.1, 0.15) is 37.0 Å². The van der Waals surface area contributed by atoms with Crippen molar-refractivity contribution in [2.24, 2.45) is 0 Å². The number of nitrogens with one attached hydrogen (secondary N) is 1. The smallest absolute Gasteiger partial charge is 0.237 e. The van der Waals surface area contributed by atoms with Crippen LogP contribution in [0.25, 0.3) is 0 Å². The standard InChI is InChI=1S/C21H26N2O2/c1-16(18-9-4-3-5-10-18)25-19-11-6-8-17(14-19)15-22-21(24)20-12-7-13-23(20)2/h3-6,8-11,14,16,20H,7,12-13,15H2,1-2H3,(H,22,24). The van der Waals surface area contributed by atoms with E-state index in [9.17, 15) is 4.79 Å². The van der Waals surface area contributed by atoms with Gasteiger partial charge in [-0.25, -0.2) is 0 Å². The van der Waals surface area contributed by atoms with Crippen LogP contribution in [0.15, 0.2) is 54.6 Å². The third kappa shape index (κ3) is 4.60. The molecule has 1 saturated heterocycles. The second-order valence-corrected chi connectivity index (χ2v) is 6.67. The fourth-order valence-electron chi connectivity index (χ4n) is 3.27. The van der Waals surface area contributed by atoms with Crippen LogP contribution >= 0.6 is 0 Å². The van der Waals surface area contributed by atoms with Crippen molar-refractivity contribution < 1.29 is 9.53 Å². The van der Waals surface area contributed by atoms with Crippen molar-refractivity contribution in [2.45, 2.75) is 38.5 Å². The quantitative estimate of drug-likeness (QED) is 0.876. The summed E-state index contributed by atoms with van der Waals surface area (Å²) in [6.45, 7) is 3.57. The van der Waals surface area contributed by atoms with Gasteiger partial charge in [-0.1, -0.05) is 42.5 Å². The van der Waals surface area contributed by atoms with E-state index in [1.54, 1.807) is 0 Å². The van der Waals surface area contributed by atoms with Crippen molar-refractivity contribution >= 4 is 5.91 Å². The molecule has 132 valence electrons. The molecule has 2 aromatic rings. The SMILES string of the molecule is CC(Oc1cccc(CNC(=O)C2CCCN2C)c1)c1ccccc1. The Labute approximate surface area is 149 Å². The number of amides is 1. The summed E-state index contributed by atoms with van der Waals surface area (Å²) in [6, 6.07) is 18.1. The first-order valence-corrected chi connectivity index (χ1v) is 8.92. The molecule has 0 aliphatic carbocycles. The van der Waals surface area contributed by atoms with Gasteiger partial charge in [0.1, 0.15) is 11.9 Å². The fourth-order valence-corrected chi connectivity index (χ4v) is 3.27. The monoisotopic (exact) mass is 338 g/mol. The van der Waals surface area contributed by atoms with E-state index < -0.39 is 0 Å². The maximum absolute atomic E-state index is 12.3. The van der Waals surface area contributed by atoms with E-state index in [-0.39, 0.29) is 18.1 Å². The van der Waals surface area contributed by atoms with Gasteiger partial charge >= 0.3 is 0 Å². The maximum Gasteiger partial charge on any atom is 0.237 e. The van der Waals surface area contributed by atoms with Crippen molar-refractivity contribution in [3.63, 3.8) is 0 Å². The zero-order chi connectivity index (χ0) is 17.6. The highest BCUT2D eigenvalue weighted by Crippen LogP contribution is 2.22. The average Bonchev–Trinajstić information content (AvgIpc) is 3.07. The van der Waals surface area contributed by atoms with Crippen LogP contribution in [0.5, 0.6) is 5.75 Å². The van der Waals surface area contributed by atoms with Crippen LogP contribution in [0, 0.1) is 0 Å². The topological polar surface area (TPSA) is 41.6 Å². The highest BCUT2D eigenvalue weighted by atomic mass is 16.5. The van der Waals surface area contributed by atoms with E-state index >= 15 is 0 Å². The lowest BCUT2D eigenvalue weighted by Crippen LogP contribution is -2.41. The van der Waals surface area contributed by atoms with Crippen LogP contribution in [0.3, 0.4) is 0 Å². The number of hydrogen-bond acceptors (Lipinski definition) is 3. The molecule has 1 N–H and O–H groups in total. The molecule has 0 bridgehead atoms. The molecule has 2 atom stereocenters. The van der Waals surface area contributed by atoms with Crippen molar-refractivity contribution in [1.29, 1.82) is 0 Å². The molecule has 0 radical (unpaired) electrons. The summed E-state index contributed by atoms with van der Waals surface area (Å²) in [6.07, 6.45) is 2.02. The number of likely N-dealkylation sites (N-methyl/N-ethyl adjacent to an activating group) is 1. The second-order valence-electron chi connectivity index (χ2n) is 6.67. The molecule has 3 rings (SSSR count). The molecule has 1 heterocycles. The van der Waals surface area contributed by atoms with E-state index in [4.69, 9.17) is 4.74 Å². The van der Waals surface area contributed by atoms with E-state index in [2.05, 4.69) is 22.3 Å². The van der Waals surface area contributed by atoms with Crippen molar-refractivity contribution in [1.82, 2.24) is 10.2 Å². The molecular formula is C21H26N2O2. The van der Waals surface area contributed by atoms with Crippen LogP contribution in [-0.4, -0.2) is 30.4 Å². The summed E-state index contributed by atoms with van der Waals surface area (Å²) >= 11 is 0. The van der Waals surface area contributed by atoms with Crippen LogP contribution in [0.4, 0.5) is 0 Å². The van der Waals surface area contributed by atoms with Gasteiger partial charge in [-0.15, -0.1) is 0 Å². The minimum Gasteiger partial charge on any atom is -0.486 e. The fraction of sp³-hybridized carbons (Fsp3) is 0.381. The number of carbonyl (C=O) groups is 1. The van der Waals surface area contributed by atoms with Crippen molar-refractivity contribution in [3.05, 3.63) is 65.7 Å². The van der Waals surface area contributed by atoms with Gasteiger partial charge in [-0.05, 0) is 56.6 Å². The molecule has 1 aliphatic heterocycles. The summed E-state index contributed by atoms with van der Waals surface area (Å²) in [4.78, 5) is 14.4. The van der Waals surface area contributed by atoms with E-state index in [1.807, 2.05) is 56.4 Å². The van der Waals surface area contributed by atoms with Crippen LogP contribution in [-0.2, 0) is 11.3 Å². The Morgan fingerprint density at radius 1 is 1.24 bits per heavy atom. The molecule has 0 aromatic heterocycles. The molecular weight excluding hydrogens is 312 g/mol. The summed E-state index contributed by atoms with van der Waals surface area (Å²) in [5, 5.41) is 3.05. The van der Waals surface area contributed by atoms with E-state index in [1.165, 1.54) is 0 Å². The normalized spacial score (nSPS) is 18.7. The van der Waals surface area contributed by atoms with Crippen molar-refractivity contribution in [3.8, 4) is 5.75 Å². The number of benzene rings is 2. The summed E-state index contributed by atoms with van der Waals surface area (Å²) in [5.41, 5.74) is 2.19. The largest absolute Gasteiger partial charge is 0.486 e. The summed E-state index contributed by atoms with van der Waals surface area (Å²) in [7, 11) is 2.01. The molecule has 1 amide bonds. The van der Waals surface area contributed by atoms with Gasteiger partial charge in [0.05, 0.1) is 6.04 Å². The molecule has 4 heteroatoms. The van der Waals surface area contributed by atoms with Gasteiger partial charge in [0, 0.05) is 6.54 Å². The lowest BCUT2D eigenvalue weighted by molar-refractivity contribution is -0.125. The minimum atomic E-state index is -0.0156. The van der Waals surface area contributed by atoms with Gasteiger partial charge in [-0.3, -0.25) is 9.69 Å². The molecule has 1 fully saturated rings. The van der Waals surface area contributed by atoms with Gasteiger partial charge in [-0.2, -0.15) is 0 Å². The second kappa shape index (κ2) is 8.17. The number of carbonyl (C=O) groups excluding carboxylic acids is 1. The Bertz CT molecular complexity index is 702. The molecule has 1 aliphatic rings. The first kappa shape index (κ1) is 17.5. The number of ether oxygens (including phenoxy) is 1. The zero-order valence-corrected chi connectivity index (χ0v) is 14.9. The number of hydrogen-bond donors (Lipinski definition) is 1. The first-order valence-electron chi connectivity index (χ1n) is 8.92. The predicted octanol–water partition coefficient (Wildman–Crippen LogP) is 3.54. The summed E-state index contributed by atoms with van der Waals surface area (Å²) < 4.78 is 6.04. The Balaban J connectivity index is 1.57. The van der Waals surface area contributed by atoms with Crippen LogP contribution in [0.2, 0.25) is 0 Å². The van der Waals surface area contributed by atoms with Gasteiger partial charge in [0.15, 0.2) is 0 Å². The Morgan fingerprint density at radius 3 is 2.76 bits per heavy atom. The van der Waals surface area contributed by atoms with Gasteiger partial charge in [0.25, 0.3) is 0 Å². The number of rotatable bonds is 6. The zero-order valence-electron chi connectivity index (χ0n) is 14.9. The van der Waals surface area contributed by atoms with Gasteiger partial charge < -0.3 is 10.1 Å². The summed E-state index contributed by atoms with van der Waals surface area (Å²) in [5.74, 6) is 0.935. The predicted molar refractivity (Wildman–Crippen MR) is 99.4 cm³/mol. The molecule has 25 heavy (non-hydrogen) atoms. The van der Waals surface area contributed by atoms with Crippen LogP contribution < -0.4 is 10.1 Å². The third-order valence-electron chi connectivity index (χ3n) is 4.77. The highest BCUT2D eigenvalue weighted by molar-refractivity contribution is 5.81. The third-order valence-corrected chi connectivity index (χ3v) is 4.77. The minimum absolute atomic E-state index is 0.0116. The van der Waals surface area contributed by atoms with Crippen molar-refractivity contribution in [2.75, 3.05) is 13.6 Å². The molecule has 2 aromatic carbocycles. The van der Waals surface area contributed by atoms with E-state index in [0.717, 1.165) is 36.3 Å². The average molecular weight is 338 g/mol. The Morgan fingerprint density at radius 2 is 2.04 bits per heavy atom. The Hall–Kier alpha value is -2.33. The lowest BCUT2D eigenvalue weighted by atomic mass is 10.1.